The molecular formula is C19H20. The van der Waals surface area contributed by atoms with Gasteiger partial charge in [0.2, 0.25) is 0 Å². The summed E-state index contributed by atoms with van der Waals surface area (Å²) >= 11 is 0. The Labute approximate surface area is 115 Å². The Morgan fingerprint density at radius 3 is 2.05 bits per heavy atom. The largest absolute Gasteiger partial charge is 0.0616 e. The molecule has 0 heterocycles. The molecule has 0 atom stereocenters. The zero-order valence-electron chi connectivity index (χ0n) is 12.1. The number of fused-ring (bicyclic) bond motifs is 2. The second-order valence-corrected chi connectivity index (χ2v) is 5.81. The molecule has 0 nitrogen and oxygen atoms in total. The van der Waals surface area contributed by atoms with Crippen LogP contribution in [0.3, 0.4) is 0 Å². The van der Waals surface area contributed by atoms with Crippen LogP contribution in [-0.2, 0) is 0 Å². The normalized spacial score (nSPS) is 11.6. The number of benzene rings is 3. The SMILES string of the molecule is Cc1cc2cc3ccccc3cc2c(C)c1C(C)C. The Hall–Kier alpha value is -1.82. The molecule has 3 aromatic carbocycles. The van der Waals surface area contributed by atoms with E-state index in [0.29, 0.717) is 5.92 Å². The minimum atomic E-state index is 0.580. The van der Waals surface area contributed by atoms with Crippen LogP contribution in [0.1, 0.15) is 36.5 Å². The van der Waals surface area contributed by atoms with E-state index >= 15 is 0 Å². The Balaban J connectivity index is 2.45. The van der Waals surface area contributed by atoms with Gasteiger partial charge in [-0.1, -0.05) is 44.2 Å². The van der Waals surface area contributed by atoms with Gasteiger partial charge in [0.25, 0.3) is 0 Å². The summed E-state index contributed by atoms with van der Waals surface area (Å²) in [5.41, 5.74) is 4.36. The molecule has 0 aliphatic rings. The lowest BCUT2D eigenvalue weighted by atomic mass is 9.88. The summed E-state index contributed by atoms with van der Waals surface area (Å²) in [4.78, 5) is 0. The molecule has 0 unspecified atom stereocenters. The van der Waals surface area contributed by atoms with E-state index in [2.05, 4.69) is 70.2 Å². The lowest BCUT2D eigenvalue weighted by molar-refractivity contribution is 0.849. The Morgan fingerprint density at radius 1 is 0.789 bits per heavy atom. The van der Waals surface area contributed by atoms with Crippen molar-refractivity contribution < 1.29 is 0 Å². The molecule has 0 aliphatic carbocycles. The minimum absolute atomic E-state index is 0.580. The first-order valence-corrected chi connectivity index (χ1v) is 7.00. The third-order valence-electron chi connectivity index (χ3n) is 4.10. The summed E-state index contributed by atoms with van der Waals surface area (Å²) in [6, 6.07) is 15.6. The molecular weight excluding hydrogens is 228 g/mol. The van der Waals surface area contributed by atoms with Gasteiger partial charge in [0.15, 0.2) is 0 Å². The van der Waals surface area contributed by atoms with Crippen LogP contribution >= 0.6 is 0 Å². The second kappa shape index (κ2) is 4.38. The molecule has 0 N–H and O–H groups in total. The number of aryl methyl sites for hydroxylation is 2. The fourth-order valence-corrected chi connectivity index (χ4v) is 3.34. The molecule has 0 saturated carbocycles. The topological polar surface area (TPSA) is 0 Å². The van der Waals surface area contributed by atoms with Crippen molar-refractivity contribution in [1.82, 2.24) is 0 Å². The van der Waals surface area contributed by atoms with Crippen molar-refractivity contribution in [2.24, 2.45) is 0 Å². The first-order chi connectivity index (χ1) is 9.08. The van der Waals surface area contributed by atoms with Crippen LogP contribution in [0.5, 0.6) is 0 Å². The van der Waals surface area contributed by atoms with E-state index in [4.69, 9.17) is 0 Å². The third-order valence-corrected chi connectivity index (χ3v) is 4.10. The smallest absolute Gasteiger partial charge is 0.0145 e. The van der Waals surface area contributed by atoms with Crippen LogP contribution in [0.15, 0.2) is 42.5 Å². The summed E-state index contributed by atoms with van der Waals surface area (Å²) < 4.78 is 0. The van der Waals surface area contributed by atoms with Crippen LogP contribution in [0.2, 0.25) is 0 Å². The highest BCUT2D eigenvalue weighted by Crippen LogP contribution is 2.32. The average Bonchev–Trinajstić information content (AvgIpc) is 2.36. The molecule has 0 spiro atoms. The van der Waals surface area contributed by atoms with Gasteiger partial charge < -0.3 is 0 Å². The van der Waals surface area contributed by atoms with E-state index in [1.807, 2.05) is 0 Å². The predicted molar refractivity (Wildman–Crippen MR) is 85.0 cm³/mol. The van der Waals surface area contributed by atoms with Gasteiger partial charge in [-0.15, -0.1) is 0 Å². The maximum absolute atomic E-state index is 2.34. The van der Waals surface area contributed by atoms with E-state index in [1.165, 1.54) is 38.2 Å². The predicted octanol–water partition coefficient (Wildman–Crippen LogP) is 5.73. The van der Waals surface area contributed by atoms with E-state index < -0.39 is 0 Å². The molecule has 0 aromatic heterocycles. The maximum atomic E-state index is 2.34. The fourth-order valence-electron chi connectivity index (χ4n) is 3.34. The highest BCUT2D eigenvalue weighted by atomic mass is 14.2. The van der Waals surface area contributed by atoms with Crippen molar-refractivity contribution in [1.29, 1.82) is 0 Å². The van der Waals surface area contributed by atoms with E-state index in [-0.39, 0.29) is 0 Å². The molecule has 0 bridgehead atoms. The summed E-state index contributed by atoms with van der Waals surface area (Å²) in [6.45, 7) is 9.06. The van der Waals surface area contributed by atoms with Crippen molar-refractivity contribution >= 4 is 21.5 Å². The van der Waals surface area contributed by atoms with Gasteiger partial charge in [0, 0.05) is 0 Å². The van der Waals surface area contributed by atoms with Crippen molar-refractivity contribution in [3.05, 3.63) is 59.2 Å². The van der Waals surface area contributed by atoms with Gasteiger partial charge in [0.05, 0.1) is 0 Å². The third kappa shape index (κ3) is 1.92. The van der Waals surface area contributed by atoms with E-state index in [0.717, 1.165) is 0 Å². The van der Waals surface area contributed by atoms with Crippen LogP contribution in [0.4, 0.5) is 0 Å². The van der Waals surface area contributed by atoms with Crippen molar-refractivity contribution in [2.45, 2.75) is 33.6 Å². The monoisotopic (exact) mass is 248 g/mol. The van der Waals surface area contributed by atoms with Crippen molar-refractivity contribution in [2.75, 3.05) is 0 Å². The molecule has 3 aromatic rings. The lowest BCUT2D eigenvalue weighted by Gasteiger charge is -2.17. The summed E-state index contributed by atoms with van der Waals surface area (Å²) in [5.74, 6) is 0.580. The maximum Gasteiger partial charge on any atom is -0.0145 e. The molecule has 0 fully saturated rings. The molecule has 0 amide bonds. The number of rotatable bonds is 1. The van der Waals surface area contributed by atoms with Gasteiger partial charge >= 0.3 is 0 Å². The summed E-state index contributed by atoms with van der Waals surface area (Å²) in [7, 11) is 0. The van der Waals surface area contributed by atoms with E-state index in [1.54, 1.807) is 0 Å². The highest BCUT2D eigenvalue weighted by molar-refractivity contribution is 6.00. The summed E-state index contributed by atoms with van der Waals surface area (Å²) in [6.07, 6.45) is 0. The van der Waals surface area contributed by atoms with Gasteiger partial charge in [-0.25, -0.2) is 0 Å². The molecule has 0 saturated heterocycles. The number of hydrogen-bond acceptors (Lipinski definition) is 0. The number of hydrogen-bond donors (Lipinski definition) is 0. The molecule has 96 valence electrons. The standard InChI is InChI=1S/C19H20/c1-12(2)19-13(3)9-17-10-15-7-5-6-8-16(15)11-18(17)14(19)4/h5-12H,1-4H3. The zero-order chi connectivity index (χ0) is 13.6. The first kappa shape index (κ1) is 12.2. The van der Waals surface area contributed by atoms with Crippen LogP contribution in [0.25, 0.3) is 21.5 Å². The van der Waals surface area contributed by atoms with Crippen LogP contribution in [0, 0.1) is 13.8 Å². The molecule has 3 rings (SSSR count). The average molecular weight is 248 g/mol. The second-order valence-electron chi connectivity index (χ2n) is 5.81. The Morgan fingerprint density at radius 2 is 1.42 bits per heavy atom. The molecule has 0 radical (unpaired) electrons. The minimum Gasteiger partial charge on any atom is -0.0616 e. The zero-order valence-corrected chi connectivity index (χ0v) is 12.1. The van der Waals surface area contributed by atoms with Crippen LogP contribution < -0.4 is 0 Å². The fraction of sp³-hybridized carbons (Fsp3) is 0.263. The first-order valence-electron chi connectivity index (χ1n) is 7.00. The molecule has 0 aliphatic heterocycles. The van der Waals surface area contributed by atoms with Gasteiger partial charge in [-0.3, -0.25) is 0 Å². The van der Waals surface area contributed by atoms with Gasteiger partial charge in [-0.05, 0) is 70.1 Å². The molecule has 0 heteroatoms. The van der Waals surface area contributed by atoms with Crippen molar-refractivity contribution in [3.63, 3.8) is 0 Å². The van der Waals surface area contributed by atoms with E-state index in [9.17, 15) is 0 Å². The lowest BCUT2D eigenvalue weighted by Crippen LogP contribution is -1.97. The quantitative estimate of drug-likeness (QED) is 0.482. The van der Waals surface area contributed by atoms with Gasteiger partial charge in [-0.2, -0.15) is 0 Å². The van der Waals surface area contributed by atoms with Crippen LogP contribution in [-0.4, -0.2) is 0 Å². The Kier molecular flexibility index (Phi) is 2.82. The summed E-state index contributed by atoms with van der Waals surface area (Å²) in [5, 5.41) is 5.41. The van der Waals surface area contributed by atoms with Crippen molar-refractivity contribution in [3.8, 4) is 0 Å². The Bertz CT molecular complexity index is 764. The molecule has 19 heavy (non-hydrogen) atoms. The van der Waals surface area contributed by atoms with Gasteiger partial charge in [0.1, 0.15) is 0 Å². The highest BCUT2D eigenvalue weighted by Gasteiger charge is 2.11.